The average molecular weight is 235 g/mol. The number of rotatable bonds is 4. The number of aryl methyl sites for hydroxylation is 1. The summed E-state index contributed by atoms with van der Waals surface area (Å²) >= 11 is 1.59. The lowest BCUT2D eigenvalue weighted by Crippen LogP contribution is -2.05. The van der Waals surface area contributed by atoms with E-state index in [1.165, 1.54) is 0 Å². The first kappa shape index (κ1) is 10.8. The van der Waals surface area contributed by atoms with Gasteiger partial charge in [-0.05, 0) is 17.5 Å². The zero-order chi connectivity index (χ0) is 11.4. The molecular weight excluding hydrogens is 225 g/mol. The molecule has 0 saturated heterocycles. The van der Waals surface area contributed by atoms with E-state index in [4.69, 9.17) is 5.26 Å². The van der Waals surface area contributed by atoms with Crippen LogP contribution in [0, 0.1) is 11.3 Å². The molecule has 2 rings (SSSR count). The van der Waals surface area contributed by atoms with Gasteiger partial charge in [-0.15, -0.1) is 0 Å². The van der Waals surface area contributed by atoms with E-state index in [1.807, 2.05) is 22.9 Å². The van der Waals surface area contributed by atoms with Gasteiger partial charge in [-0.2, -0.15) is 21.7 Å². The zero-order valence-electron chi connectivity index (χ0n) is 8.56. The highest BCUT2D eigenvalue weighted by atomic mass is 32.1. The monoisotopic (exact) mass is 235 g/mol. The van der Waals surface area contributed by atoms with E-state index in [-0.39, 0.29) is 13.0 Å². The summed E-state index contributed by atoms with van der Waals surface area (Å²) in [5, 5.41) is 16.9. The molecule has 0 unspecified atom stereocenters. The van der Waals surface area contributed by atoms with Crippen LogP contribution in [-0.2, 0) is 13.0 Å². The molecule has 0 N–H and O–H groups in total. The number of alkyl halides is 1. The van der Waals surface area contributed by atoms with Crippen molar-refractivity contribution in [1.29, 1.82) is 5.26 Å². The maximum Gasteiger partial charge on any atom is 0.109 e. The quantitative estimate of drug-likeness (QED) is 0.817. The van der Waals surface area contributed by atoms with Crippen molar-refractivity contribution in [3.63, 3.8) is 0 Å². The van der Waals surface area contributed by atoms with Crippen molar-refractivity contribution in [2.75, 3.05) is 6.67 Å². The summed E-state index contributed by atoms with van der Waals surface area (Å²) < 4.78 is 13.9. The normalized spacial score (nSPS) is 10.2. The van der Waals surface area contributed by atoms with Gasteiger partial charge < -0.3 is 0 Å². The van der Waals surface area contributed by atoms with Crippen molar-refractivity contribution >= 4 is 11.3 Å². The number of halogens is 1. The Morgan fingerprint density at radius 3 is 3.06 bits per heavy atom. The lowest BCUT2D eigenvalue weighted by atomic mass is 10.2. The van der Waals surface area contributed by atoms with Gasteiger partial charge in [0.1, 0.15) is 6.67 Å². The summed E-state index contributed by atoms with van der Waals surface area (Å²) in [7, 11) is 0. The molecule has 0 fully saturated rings. The van der Waals surface area contributed by atoms with E-state index < -0.39 is 6.67 Å². The van der Waals surface area contributed by atoms with E-state index in [9.17, 15) is 4.39 Å². The van der Waals surface area contributed by atoms with Crippen molar-refractivity contribution in [1.82, 2.24) is 9.78 Å². The molecule has 3 nitrogen and oxygen atoms in total. The van der Waals surface area contributed by atoms with E-state index in [2.05, 4.69) is 11.2 Å². The van der Waals surface area contributed by atoms with Crippen molar-refractivity contribution in [2.45, 2.75) is 13.0 Å². The second-order valence-electron chi connectivity index (χ2n) is 3.28. The summed E-state index contributed by atoms with van der Waals surface area (Å²) in [6.07, 6.45) is 0.261. The molecule has 0 aliphatic carbocycles. The second-order valence-corrected chi connectivity index (χ2v) is 4.06. The first-order valence-electron chi connectivity index (χ1n) is 4.87. The molecule has 5 heteroatoms. The minimum absolute atomic E-state index is 0.209. The summed E-state index contributed by atoms with van der Waals surface area (Å²) in [6.45, 7) is -0.260. The van der Waals surface area contributed by atoms with Crippen LogP contribution in [0.2, 0.25) is 0 Å². The number of nitriles is 1. The molecule has 0 radical (unpaired) electrons. The Morgan fingerprint density at radius 2 is 2.44 bits per heavy atom. The Morgan fingerprint density at radius 1 is 1.56 bits per heavy atom. The van der Waals surface area contributed by atoms with Crippen molar-refractivity contribution in [3.8, 4) is 17.3 Å². The number of thiophene rings is 1. The molecule has 0 saturated carbocycles. The van der Waals surface area contributed by atoms with E-state index >= 15 is 0 Å². The van der Waals surface area contributed by atoms with Gasteiger partial charge in [-0.3, -0.25) is 4.68 Å². The maximum absolute atomic E-state index is 12.3. The SMILES string of the molecule is N#CCc1cc(-c2ccsc2)nn1CCF. The Balaban J connectivity index is 2.35. The lowest BCUT2D eigenvalue weighted by Gasteiger charge is -1.99. The third-order valence-electron chi connectivity index (χ3n) is 2.24. The third kappa shape index (κ3) is 2.12. The maximum atomic E-state index is 12.3. The molecular formula is C11H10FN3S. The first-order valence-corrected chi connectivity index (χ1v) is 5.81. The second kappa shape index (κ2) is 4.90. The summed E-state index contributed by atoms with van der Waals surface area (Å²) in [5.41, 5.74) is 2.59. The fourth-order valence-corrected chi connectivity index (χ4v) is 2.15. The first-order chi connectivity index (χ1) is 7.85. The van der Waals surface area contributed by atoms with Gasteiger partial charge in [0.05, 0.1) is 30.4 Å². The summed E-state index contributed by atoms with van der Waals surface area (Å²) in [4.78, 5) is 0. The van der Waals surface area contributed by atoms with Gasteiger partial charge in [-0.25, -0.2) is 4.39 Å². The molecule has 82 valence electrons. The van der Waals surface area contributed by atoms with Gasteiger partial charge in [0.2, 0.25) is 0 Å². The molecule has 0 bridgehead atoms. The molecule has 16 heavy (non-hydrogen) atoms. The molecule has 2 heterocycles. The zero-order valence-corrected chi connectivity index (χ0v) is 9.38. The molecule has 0 aliphatic heterocycles. The highest BCUT2D eigenvalue weighted by Crippen LogP contribution is 2.21. The Labute approximate surface area is 96.8 Å². The van der Waals surface area contributed by atoms with Crippen LogP contribution in [0.3, 0.4) is 0 Å². The molecule has 0 aromatic carbocycles. The van der Waals surface area contributed by atoms with Crippen LogP contribution < -0.4 is 0 Å². The van der Waals surface area contributed by atoms with Crippen LogP contribution in [0.25, 0.3) is 11.3 Å². The van der Waals surface area contributed by atoms with Crippen LogP contribution in [-0.4, -0.2) is 16.5 Å². The fourth-order valence-electron chi connectivity index (χ4n) is 1.50. The third-order valence-corrected chi connectivity index (χ3v) is 2.92. The topological polar surface area (TPSA) is 41.6 Å². The predicted octanol–water partition coefficient (Wildman–Crippen LogP) is 2.65. The van der Waals surface area contributed by atoms with Crippen molar-refractivity contribution < 1.29 is 4.39 Å². The van der Waals surface area contributed by atoms with E-state index in [1.54, 1.807) is 16.0 Å². The van der Waals surface area contributed by atoms with Gasteiger partial charge >= 0.3 is 0 Å². The number of hydrogen-bond donors (Lipinski definition) is 0. The largest absolute Gasteiger partial charge is 0.265 e. The smallest absolute Gasteiger partial charge is 0.109 e. The van der Waals surface area contributed by atoms with Crippen LogP contribution in [0.5, 0.6) is 0 Å². The molecule has 2 aromatic rings. The van der Waals surface area contributed by atoms with Gasteiger partial charge in [0, 0.05) is 10.9 Å². The van der Waals surface area contributed by atoms with Crippen LogP contribution in [0.15, 0.2) is 22.9 Å². The highest BCUT2D eigenvalue weighted by Gasteiger charge is 2.09. The molecule has 0 spiro atoms. The van der Waals surface area contributed by atoms with Crippen LogP contribution >= 0.6 is 11.3 Å². The fraction of sp³-hybridized carbons (Fsp3) is 0.273. The summed E-state index contributed by atoms with van der Waals surface area (Å²) in [6, 6.07) is 5.87. The van der Waals surface area contributed by atoms with Gasteiger partial charge in [-0.1, -0.05) is 0 Å². The van der Waals surface area contributed by atoms with Crippen LogP contribution in [0.1, 0.15) is 5.69 Å². The van der Waals surface area contributed by atoms with E-state index in [0.29, 0.717) is 0 Å². The number of nitrogens with zero attached hydrogens (tertiary/aromatic N) is 3. The molecule has 2 aromatic heterocycles. The molecule has 0 amide bonds. The summed E-state index contributed by atoms with van der Waals surface area (Å²) in [5.74, 6) is 0. The number of hydrogen-bond acceptors (Lipinski definition) is 3. The van der Waals surface area contributed by atoms with Crippen LogP contribution in [0.4, 0.5) is 4.39 Å². The average Bonchev–Trinajstić information content (AvgIpc) is 2.89. The number of aromatic nitrogens is 2. The lowest BCUT2D eigenvalue weighted by molar-refractivity contribution is 0.422. The van der Waals surface area contributed by atoms with Crippen molar-refractivity contribution in [2.24, 2.45) is 0 Å². The standard InChI is InChI=1S/C11H10FN3S/c12-3-5-15-10(1-4-13)7-11(14-15)9-2-6-16-8-9/h2,6-8H,1,3,5H2. The van der Waals surface area contributed by atoms with Gasteiger partial charge in [0.15, 0.2) is 0 Å². The predicted molar refractivity (Wildman–Crippen MR) is 60.8 cm³/mol. The minimum atomic E-state index is -0.469. The molecule has 0 atom stereocenters. The van der Waals surface area contributed by atoms with Crippen molar-refractivity contribution in [3.05, 3.63) is 28.6 Å². The molecule has 0 aliphatic rings. The van der Waals surface area contributed by atoms with Gasteiger partial charge in [0.25, 0.3) is 0 Å². The Bertz CT molecular complexity index is 496. The minimum Gasteiger partial charge on any atom is -0.265 e. The van der Waals surface area contributed by atoms with E-state index in [0.717, 1.165) is 17.0 Å². The Hall–Kier alpha value is -1.67. The Kier molecular flexibility index (Phi) is 3.32. The highest BCUT2D eigenvalue weighted by molar-refractivity contribution is 7.08.